The average molecular weight is 264 g/mol. The van der Waals surface area contributed by atoms with Crippen LogP contribution in [-0.4, -0.2) is 22.1 Å². The summed E-state index contributed by atoms with van der Waals surface area (Å²) in [6, 6.07) is 0. The van der Waals surface area contributed by atoms with Crippen LogP contribution in [0.15, 0.2) is 17.7 Å². The summed E-state index contributed by atoms with van der Waals surface area (Å²) in [6.45, 7) is 0. The molecule has 1 heterocycles. The molecule has 0 aromatic carbocycles. The third-order valence-corrected chi connectivity index (χ3v) is 4.23. The summed E-state index contributed by atoms with van der Waals surface area (Å²) in [7, 11) is 0. The molecule has 2 aliphatic carbocycles. The summed E-state index contributed by atoms with van der Waals surface area (Å²) in [5, 5.41) is 21.5. The van der Waals surface area contributed by atoms with E-state index in [1.807, 2.05) is 12.2 Å². The maximum Gasteiger partial charge on any atom is 0.230 e. The smallest absolute Gasteiger partial charge is 0.230 e. The van der Waals surface area contributed by atoms with Gasteiger partial charge in [0.15, 0.2) is 0 Å². The van der Waals surface area contributed by atoms with Gasteiger partial charge in [-0.15, -0.1) is 10.2 Å². The molecule has 7 heteroatoms. The van der Waals surface area contributed by atoms with Gasteiger partial charge >= 0.3 is 0 Å². The van der Waals surface area contributed by atoms with E-state index in [4.69, 9.17) is 0 Å². The zero-order chi connectivity index (χ0) is 12.7. The largest absolute Gasteiger partial charge is 0.550 e. The number of aromatic nitrogens is 2. The maximum atomic E-state index is 12.1. The van der Waals surface area contributed by atoms with Gasteiger partial charge in [0.1, 0.15) is 5.51 Å². The van der Waals surface area contributed by atoms with Crippen molar-refractivity contribution in [3.05, 3.63) is 17.7 Å². The van der Waals surface area contributed by atoms with E-state index >= 15 is 0 Å². The first-order valence-electron chi connectivity index (χ1n) is 5.63. The van der Waals surface area contributed by atoms with Gasteiger partial charge in [0, 0.05) is 11.9 Å². The molecular formula is C11H10N3O3S-. The first kappa shape index (κ1) is 11.3. The second kappa shape index (κ2) is 4.16. The predicted octanol–water partition coefficient (Wildman–Crippen LogP) is -0.335. The molecule has 1 aromatic heterocycles. The van der Waals surface area contributed by atoms with Gasteiger partial charge in [-0.25, -0.2) is 0 Å². The molecule has 94 valence electrons. The molecule has 0 aliphatic heterocycles. The topological polar surface area (TPSA) is 95.0 Å². The fourth-order valence-corrected chi connectivity index (χ4v) is 3.37. The number of carboxylic acids is 1. The van der Waals surface area contributed by atoms with Gasteiger partial charge in [0.25, 0.3) is 0 Å². The molecule has 4 atom stereocenters. The van der Waals surface area contributed by atoms with Crippen molar-refractivity contribution >= 4 is 28.3 Å². The first-order valence-corrected chi connectivity index (χ1v) is 6.51. The van der Waals surface area contributed by atoms with Gasteiger partial charge < -0.3 is 15.2 Å². The molecule has 0 saturated heterocycles. The standard InChI is InChI=1S/C11H11N3O3S/c15-9(13-11-14-12-4-18-11)7-5-1-2-6(3-5)8(7)10(16)17/h1-2,4-8H,3H2,(H,16,17)(H,13,14,15)/p-1/t5-,6-,7-,8-/m0/s1. The highest BCUT2D eigenvalue weighted by Crippen LogP contribution is 2.48. The molecule has 3 rings (SSSR count). The number of allylic oxidation sites excluding steroid dienone is 2. The Balaban J connectivity index is 1.80. The lowest BCUT2D eigenvalue weighted by Gasteiger charge is -2.27. The van der Waals surface area contributed by atoms with E-state index in [2.05, 4.69) is 15.5 Å². The maximum absolute atomic E-state index is 12.1. The summed E-state index contributed by atoms with van der Waals surface area (Å²) in [4.78, 5) is 23.3. The number of carbonyl (C=O) groups excluding carboxylic acids is 2. The number of anilines is 1. The van der Waals surface area contributed by atoms with Gasteiger partial charge in [0.05, 0.1) is 5.92 Å². The first-order chi connectivity index (χ1) is 8.66. The van der Waals surface area contributed by atoms with Crippen molar-refractivity contribution in [2.24, 2.45) is 23.7 Å². The number of hydrogen-bond acceptors (Lipinski definition) is 6. The van der Waals surface area contributed by atoms with Crippen LogP contribution >= 0.6 is 11.3 Å². The monoisotopic (exact) mass is 264 g/mol. The predicted molar refractivity (Wildman–Crippen MR) is 61.3 cm³/mol. The number of amides is 1. The molecule has 0 spiro atoms. The number of carbonyl (C=O) groups is 2. The molecule has 1 fully saturated rings. The van der Waals surface area contributed by atoms with Crippen molar-refractivity contribution < 1.29 is 14.7 Å². The van der Waals surface area contributed by atoms with Crippen LogP contribution in [0.25, 0.3) is 0 Å². The van der Waals surface area contributed by atoms with Crippen LogP contribution in [0.5, 0.6) is 0 Å². The fourth-order valence-electron chi connectivity index (χ4n) is 2.92. The van der Waals surface area contributed by atoms with Crippen LogP contribution in [0, 0.1) is 23.7 Å². The van der Waals surface area contributed by atoms with E-state index in [0.717, 1.165) is 0 Å². The molecule has 18 heavy (non-hydrogen) atoms. The minimum Gasteiger partial charge on any atom is -0.550 e. The van der Waals surface area contributed by atoms with E-state index in [0.29, 0.717) is 11.6 Å². The Morgan fingerprint density at radius 1 is 1.33 bits per heavy atom. The quantitative estimate of drug-likeness (QED) is 0.754. The molecule has 2 bridgehead atoms. The molecule has 6 nitrogen and oxygen atoms in total. The SMILES string of the molecule is O=C([O-])[C@@H]1[C@@H](C(=O)Nc2nncs2)[C@H]2C=C[C@H]1C2. The highest BCUT2D eigenvalue weighted by atomic mass is 32.1. The minimum absolute atomic E-state index is 0.00850. The van der Waals surface area contributed by atoms with Crippen molar-refractivity contribution in [1.29, 1.82) is 0 Å². The molecule has 0 radical (unpaired) electrons. The summed E-state index contributed by atoms with van der Waals surface area (Å²) in [5.41, 5.74) is 1.51. The molecule has 1 aromatic rings. The van der Waals surface area contributed by atoms with Crippen molar-refractivity contribution in [2.45, 2.75) is 6.42 Å². The van der Waals surface area contributed by atoms with Crippen LogP contribution in [0.1, 0.15) is 6.42 Å². The zero-order valence-electron chi connectivity index (χ0n) is 9.28. The molecule has 1 N–H and O–H groups in total. The Morgan fingerprint density at radius 3 is 2.67 bits per heavy atom. The number of aliphatic carboxylic acids is 1. The summed E-state index contributed by atoms with van der Waals surface area (Å²) >= 11 is 1.20. The third-order valence-electron chi connectivity index (χ3n) is 3.62. The van der Waals surface area contributed by atoms with Gasteiger partial charge in [0.2, 0.25) is 11.0 Å². The van der Waals surface area contributed by atoms with Crippen molar-refractivity contribution in [3.63, 3.8) is 0 Å². The lowest BCUT2D eigenvalue weighted by Crippen LogP contribution is -2.42. The number of rotatable bonds is 3. The highest BCUT2D eigenvalue weighted by molar-refractivity contribution is 7.13. The van der Waals surface area contributed by atoms with E-state index < -0.39 is 17.8 Å². The zero-order valence-corrected chi connectivity index (χ0v) is 10.1. The Hall–Kier alpha value is -1.76. The Kier molecular flexibility index (Phi) is 2.62. The summed E-state index contributed by atoms with van der Waals surface area (Å²) in [5.74, 6) is -2.83. The number of fused-ring (bicyclic) bond motifs is 2. The normalized spacial score (nSPS) is 32.7. The molecule has 1 saturated carbocycles. The van der Waals surface area contributed by atoms with Crippen molar-refractivity contribution in [2.75, 3.05) is 5.32 Å². The Bertz CT molecular complexity index is 514. The molecular weight excluding hydrogens is 254 g/mol. The van der Waals surface area contributed by atoms with E-state index in [1.165, 1.54) is 16.8 Å². The number of carboxylic acid groups (broad SMARTS) is 1. The van der Waals surface area contributed by atoms with Crippen LogP contribution in [0.4, 0.5) is 5.13 Å². The van der Waals surface area contributed by atoms with E-state index in [1.54, 1.807) is 0 Å². The Morgan fingerprint density at radius 2 is 2.06 bits per heavy atom. The van der Waals surface area contributed by atoms with Crippen molar-refractivity contribution in [1.82, 2.24) is 10.2 Å². The lowest BCUT2D eigenvalue weighted by atomic mass is 9.82. The minimum atomic E-state index is -1.15. The van der Waals surface area contributed by atoms with Crippen LogP contribution < -0.4 is 10.4 Å². The molecule has 0 unspecified atom stereocenters. The van der Waals surface area contributed by atoms with Crippen LogP contribution in [-0.2, 0) is 9.59 Å². The van der Waals surface area contributed by atoms with Gasteiger partial charge in [-0.05, 0) is 18.3 Å². The fraction of sp³-hybridized carbons (Fsp3) is 0.455. The Labute approximate surface area is 107 Å². The summed E-state index contributed by atoms with van der Waals surface area (Å²) < 4.78 is 0. The van der Waals surface area contributed by atoms with Gasteiger partial charge in [-0.1, -0.05) is 23.5 Å². The second-order valence-electron chi connectivity index (χ2n) is 4.55. The highest BCUT2D eigenvalue weighted by Gasteiger charge is 2.48. The van der Waals surface area contributed by atoms with Crippen molar-refractivity contribution in [3.8, 4) is 0 Å². The van der Waals surface area contributed by atoms with Gasteiger partial charge in [-0.3, -0.25) is 4.79 Å². The molecule has 2 aliphatic rings. The second-order valence-corrected chi connectivity index (χ2v) is 5.39. The third kappa shape index (κ3) is 1.71. The molecule has 1 amide bonds. The average Bonchev–Trinajstić information content (AvgIpc) is 3.03. The van der Waals surface area contributed by atoms with E-state index in [9.17, 15) is 14.7 Å². The van der Waals surface area contributed by atoms with E-state index in [-0.39, 0.29) is 17.7 Å². The summed E-state index contributed by atoms with van der Waals surface area (Å²) in [6.07, 6.45) is 4.52. The number of nitrogens with one attached hydrogen (secondary N) is 1. The number of nitrogens with zero attached hydrogens (tertiary/aromatic N) is 2. The van der Waals surface area contributed by atoms with Crippen LogP contribution in [0.2, 0.25) is 0 Å². The van der Waals surface area contributed by atoms with Crippen LogP contribution in [0.3, 0.4) is 0 Å². The lowest BCUT2D eigenvalue weighted by molar-refractivity contribution is -0.313. The number of hydrogen-bond donors (Lipinski definition) is 1. The van der Waals surface area contributed by atoms with Gasteiger partial charge in [-0.2, -0.15) is 0 Å².